The lowest BCUT2D eigenvalue weighted by Crippen LogP contribution is -2.20. The fourth-order valence-electron chi connectivity index (χ4n) is 3.15. The Morgan fingerprint density at radius 3 is 2.30 bits per heavy atom. The van der Waals surface area contributed by atoms with Crippen molar-refractivity contribution in [3.8, 4) is 23.3 Å². The average molecular weight is 524 g/mol. The summed E-state index contributed by atoms with van der Waals surface area (Å²) in [5.41, 5.74) is 1.14. The van der Waals surface area contributed by atoms with Crippen molar-refractivity contribution in [2.75, 3.05) is 31.0 Å². The number of nitriles is 1. The zero-order valence-electron chi connectivity index (χ0n) is 20.0. The number of ether oxygens (including phenoxy) is 3. The molecular weight excluding hydrogens is 501 g/mol. The minimum absolute atomic E-state index is 0.101. The monoisotopic (exact) mass is 523 g/mol. The fraction of sp³-hybridized carbons (Fsp3) is 0.148. The highest BCUT2D eigenvalue weighted by Gasteiger charge is 2.16. The third-order valence-corrected chi connectivity index (χ3v) is 5.11. The zero-order valence-corrected chi connectivity index (χ0v) is 20.8. The second kappa shape index (κ2) is 13.0. The van der Waals surface area contributed by atoms with Crippen LogP contribution >= 0.6 is 11.6 Å². The lowest BCUT2D eigenvalue weighted by molar-refractivity contribution is -0.118. The predicted octanol–water partition coefficient (Wildman–Crippen LogP) is 5.45. The van der Waals surface area contributed by atoms with Gasteiger partial charge in [0.25, 0.3) is 11.8 Å². The molecule has 3 aromatic rings. The number of hydrogen-bond donors (Lipinski definition) is 2. The Bertz CT molecular complexity index is 1340. The summed E-state index contributed by atoms with van der Waals surface area (Å²) in [5.74, 6) is -0.571. The Balaban J connectivity index is 1.70. The summed E-state index contributed by atoms with van der Waals surface area (Å²) in [6, 6.07) is 16.9. The summed E-state index contributed by atoms with van der Waals surface area (Å²) in [4.78, 5) is 24.8. The van der Waals surface area contributed by atoms with E-state index in [4.69, 9.17) is 25.8 Å². The third kappa shape index (κ3) is 7.72. The number of methoxy groups -OCH3 is 1. The molecule has 0 fully saturated rings. The van der Waals surface area contributed by atoms with Gasteiger partial charge in [0.1, 0.15) is 23.2 Å². The molecule has 0 spiro atoms. The summed E-state index contributed by atoms with van der Waals surface area (Å²) in [6.45, 7) is 2.00. The normalized spacial score (nSPS) is 10.7. The van der Waals surface area contributed by atoms with Crippen LogP contribution in [-0.4, -0.2) is 32.1 Å². The van der Waals surface area contributed by atoms with E-state index in [0.29, 0.717) is 29.3 Å². The van der Waals surface area contributed by atoms with E-state index in [1.165, 1.54) is 49.6 Å². The smallest absolute Gasteiger partial charge is 0.266 e. The van der Waals surface area contributed by atoms with Gasteiger partial charge in [0.2, 0.25) is 0 Å². The number of benzene rings is 3. The van der Waals surface area contributed by atoms with E-state index in [0.717, 1.165) is 0 Å². The van der Waals surface area contributed by atoms with Gasteiger partial charge in [0, 0.05) is 11.4 Å². The van der Waals surface area contributed by atoms with E-state index < -0.39 is 24.2 Å². The number of anilines is 2. The number of amides is 2. The maximum Gasteiger partial charge on any atom is 0.266 e. The molecule has 0 radical (unpaired) electrons. The van der Waals surface area contributed by atoms with Crippen molar-refractivity contribution in [3.05, 3.63) is 82.6 Å². The second-order valence-corrected chi connectivity index (χ2v) is 7.87. The van der Waals surface area contributed by atoms with Crippen LogP contribution in [0, 0.1) is 17.1 Å². The average Bonchev–Trinajstić information content (AvgIpc) is 2.88. The van der Waals surface area contributed by atoms with Crippen LogP contribution in [0.15, 0.2) is 66.2 Å². The Labute approximate surface area is 218 Å². The maximum absolute atomic E-state index is 13.0. The number of nitrogens with zero attached hydrogens (tertiary/aromatic N) is 1. The van der Waals surface area contributed by atoms with Gasteiger partial charge in [-0.2, -0.15) is 5.26 Å². The van der Waals surface area contributed by atoms with Crippen molar-refractivity contribution in [1.82, 2.24) is 0 Å². The molecule has 0 bridgehead atoms. The van der Waals surface area contributed by atoms with Gasteiger partial charge in [-0.1, -0.05) is 11.6 Å². The van der Waals surface area contributed by atoms with Crippen molar-refractivity contribution < 1.29 is 28.2 Å². The van der Waals surface area contributed by atoms with Crippen molar-refractivity contribution in [2.45, 2.75) is 6.92 Å². The van der Waals surface area contributed by atoms with Gasteiger partial charge in [0.15, 0.2) is 18.1 Å². The number of carbonyl (C=O) groups excluding carboxylic acids is 2. The lowest BCUT2D eigenvalue weighted by Gasteiger charge is -2.13. The molecule has 3 aromatic carbocycles. The Morgan fingerprint density at radius 2 is 1.68 bits per heavy atom. The van der Waals surface area contributed by atoms with Crippen LogP contribution in [-0.2, 0) is 9.59 Å². The van der Waals surface area contributed by atoms with Crippen molar-refractivity contribution in [1.29, 1.82) is 5.26 Å². The van der Waals surface area contributed by atoms with Gasteiger partial charge < -0.3 is 24.8 Å². The molecule has 0 atom stereocenters. The van der Waals surface area contributed by atoms with Gasteiger partial charge in [-0.3, -0.25) is 9.59 Å². The molecule has 10 heteroatoms. The van der Waals surface area contributed by atoms with Gasteiger partial charge in [-0.05, 0) is 79.2 Å². The Hall–Kier alpha value is -4.55. The van der Waals surface area contributed by atoms with E-state index in [-0.39, 0.29) is 22.1 Å². The van der Waals surface area contributed by atoms with Crippen LogP contribution in [0.4, 0.5) is 15.8 Å². The van der Waals surface area contributed by atoms with E-state index in [2.05, 4.69) is 10.6 Å². The molecule has 0 aliphatic carbocycles. The van der Waals surface area contributed by atoms with Crippen LogP contribution in [0.25, 0.3) is 6.08 Å². The standard InChI is InChI=1S/C27H23ClFN3O5/c1-3-36-22-10-8-21(9-11-22)32-27(34)18(15-30)12-17-13-23(28)26(24(14-17)35-2)37-16-25(33)31-20-6-4-19(29)5-7-20/h4-14H,3,16H2,1-2H3,(H,31,33)(H,32,34)/b18-12+. The lowest BCUT2D eigenvalue weighted by atomic mass is 10.1. The Morgan fingerprint density at radius 1 is 1.03 bits per heavy atom. The molecule has 0 aromatic heterocycles. The SMILES string of the molecule is CCOc1ccc(NC(=O)/C(C#N)=C/c2cc(Cl)c(OCC(=O)Nc3ccc(F)cc3)c(OC)c2)cc1. The van der Waals surface area contributed by atoms with Gasteiger partial charge in [-0.15, -0.1) is 0 Å². The number of halogens is 2. The molecule has 37 heavy (non-hydrogen) atoms. The summed E-state index contributed by atoms with van der Waals surface area (Å²) >= 11 is 6.35. The second-order valence-electron chi connectivity index (χ2n) is 7.46. The molecular formula is C27H23ClFN3O5. The molecule has 190 valence electrons. The van der Waals surface area contributed by atoms with E-state index >= 15 is 0 Å². The number of rotatable bonds is 10. The molecule has 0 saturated carbocycles. The summed E-state index contributed by atoms with van der Waals surface area (Å²) in [7, 11) is 1.38. The highest BCUT2D eigenvalue weighted by molar-refractivity contribution is 6.32. The number of carbonyl (C=O) groups is 2. The first kappa shape index (κ1) is 27.0. The quantitative estimate of drug-likeness (QED) is 0.270. The predicted molar refractivity (Wildman–Crippen MR) is 138 cm³/mol. The van der Waals surface area contributed by atoms with E-state index in [9.17, 15) is 19.2 Å². The zero-order chi connectivity index (χ0) is 26.8. The van der Waals surface area contributed by atoms with Crippen molar-refractivity contribution >= 4 is 40.9 Å². The topological polar surface area (TPSA) is 110 Å². The minimum atomic E-state index is -0.612. The highest BCUT2D eigenvalue weighted by Crippen LogP contribution is 2.37. The van der Waals surface area contributed by atoms with Crippen molar-refractivity contribution in [2.24, 2.45) is 0 Å². The molecule has 0 aliphatic heterocycles. The number of nitrogens with one attached hydrogen (secondary N) is 2. The molecule has 0 unspecified atom stereocenters. The first-order valence-corrected chi connectivity index (χ1v) is 11.4. The first-order valence-electron chi connectivity index (χ1n) is 11.0. The van der Waals surface area contributed by atoms with Crippen LogP contribution in [0.5, 0.6) is 17.2 Å². The first-order chi connectivity index (χ1) is 17.8. The molecule has 0 aliphatic rings. The molecule has 2 N–H and O–H groups in total. The van der Waals surface area contributed by atoms with Gasteiger partial charge in [-0.25, -0.2) is 4.39 Å². The Kier molecular flexibility index (Phi) is 9.47. The van der Waals surface area contributed by atoms with Crippen LogP contribution in [0.3, 0.4) is 0 Å². The van der Waals surface area contributed by atoms with Crippen LogP contribution < -0.4 is 24.8 Å². The van der Waals surface area contributed by atoms with E-state index in [1.54, 1.807) is 24.3 Å². The molecule has 0 heterocycles. The molecule has 8 nitrogen and oxygen atoms in total. The minimum Gasteiger partial charge on any atom is -0.494 e. The largest absolute Gasteiger partial charge is 0.494 e. The summed E-state index contributed by atoms with van der Waals surface area (Å²) in [5, 5.41) is 14.9. The maximum atomic E-state index is 13.0. The summed E-state index contributed by atoms with van der Waals surface area (Å²) < 4.78 is 29.3. The van der Waals surface area contributed by atoms with Crippen molar-refractivity contribution in [3.63, 3.8) is 0 Å². The van der Waals surface area contributed by atoms with Gasteiger partial charge >= 0.3 is 0 Å². The highest BCUT2D eigenvalue weighted by atomic mass is 35.5. The third-order valence-electron chi connectivity index (χ3n) is 4.83. The van der Waals surface area contributed by atoms with Crippen LogP contribution in [0.2, 0.25) is 5.02 Å². The van der Waals surface area contributed by atoms with Crippen LogP contribution in [0.1, 0.15) is 12.5 Å². The van der Waals surface area contributed by atoms with Gasteiger partial charge in [0.05, 0.1) is 18.7 Å². The fourth-order valence-corrected chi connectivity index (χ4v) is 3.42. The number of hydrogen-bond acceptors (Lipinski definition) is 6. The molecule has 2 amide bonds. The van der Waals surface area contributed by atoms with E-state index in [1.807, 2.05) is 13.0 Å². The molecule has 3 rings (SSSR count). The summed E-state index contributed by atoms with van der Waals surface area (Å²) in [6.07, 6.45) is 1.35. The molecule has 0 saturated heterocycles.